The zero-order valence-electron chi connectivity index (χ0n) is 13.8. The van der Waals surface area contributed by atoms with E-state index < -0.39 is 30.8 Å². The molecule has 0 spiro atoms. The van der Waals surface area contributed by atoms with E-state index in [9.17, 15) is 40.5 Å². The minimum absolute atomic E-state index is 0.0239. The summed E-state index contributed by atoms with van der Waals surface area (Å²) >= 11 is 0. The van der Waals surface area contributed by atoms with Crippen LogP contribution in [-0.2, 0) is 12.8 Å². The largest absolute Gasteiger partial charge is 0.494 e. The van der Waals surface area contributed by atoms with Gasteiger partial charge < -0.3 is 49.6 Å². The van der Waals surface area contributed by atoms with Crippen LogP contribution in [0.1, 0.15) is 21.6 Å². The second-order valence-corrected chi connectivity index (χ2v) is 5.58. The fourth-order valence-corrected chi connectivity index (χ4v) is 2.63. The van der Waals surface area contributed by atoms with Gasteiger partial charge in [-0.3, -0.25) is 0 Å². The first kappa shape index (κ1) is 19.9. The Kier molecular flexibility index (Phi) is 5.14. The number of carboxylic acid groups (broad SMARTS) is 1. The summed E-state index contributed by atoms with van der Waals surface area (Å²) in [5, 5.41) is 65.0. The summed E-state index contributed by atoms with van der Waals surface area (Å²) < 4.78 is 11.3. The highest BCUT2D eigenvalue weighted by Gasteiger charge is 2.31. The van der Waals surface area contributed by atoms with E-state index in [1.165, 1.54) is 18.6 Å². The molecule has 2 rings (SSSR count). The number of rotatable bonds is 7. The third-order valence-electron chi connectivity index (χ3n) is 3.54. The van der Waals surface area contributed by atoms with Crippen LogP contribution in [0.3, 0.4) is 0 Å². The second kappa shape index (κ2) is 6.72. The van der Waals surface area contributed by atoms with Crippen LogP contribution >= 0.6 is 0 Å². The maximum absolute atomic E-state index is 11.5. The quantitative estimate of drug-likeness (QED) is 0.263. The molecule has 11 heteroatoms. The van der Waals surface area contributed by atoms with Gasteiger partial charge in [-0.2, -0.15) is 0 Å². The number of fused-ring (bicyclic) bond motifs is 1. The zero-order valence-corrected chi connectivity index (χ0v) is 13.8. The van der Waals surface area contributed by atoms with Crippen molar-refractivity contribution in [1.82, 2.24) is 4.40 Å². The molecule has 0 unspecified atom stereocenters. The summed E-state index contributed by atoms with van der Waals surface area (Å²) in [7, 11) is 2.39. The number of aromatic nitrogens is 1. The number of hydrogen-bond donors (Lipinski definition) is 7. The van der Waals surface area contributed by atoms with Gasteiger partial charge in [0.1, 0.15) is 5.56 Å². The first-order chi connectivity index (χ1) is 11.9. The first-order valence-electron chi connectivity index (χ1n) is 7.15. The van der Waals surface area contributed by atoms with E-state index >= 15 is 0 Å². The van der Waals surface area contributed by atoms with E-state index in [4.69, 9.17) is 9.47 Å². The van der Waals surface area contributed by atoms with Crippen molar-refractivity contribution in [3.8, 4) is 11.5 Å². The van der Waals surface area contributed by atoms with Crippen molar-refractivity contribution in [2.24, 2.45) is 0 Å². The average molecular weight is 372 g/mol. The lowest BCUT2D eigenvalue weighted by molar-refractivity contribution is -0.314. The van der Waals surface area contributed by atoms with Gasteiger partial charge in [0.25, 0.3) is 11.9 Å². The number of methoxy groups -OCH3 is 2. The van der Waals surface area contributed by atoms with Crippen molar-refractivity contribution in [2.75, 3.05) is 14.2 Å². The molecule has 0 saturated carbocycles. The van der Waals surface area contributed by atoms with Crippen LogP contribution in [0.2, 0.25) is 0 Å². The lowest BCUT2D eigenvalue weighted by atomic mass is 10.1. The Morgan fingerprint density at radius 2 is 1.65 bits per heavy atom. The molecule has 2 aromatic rings. The molecule has 0 bridgehead atoms. The third kappa shape index (κ3) is 4.04. The maximum Gasteiger partial charge on any atom is 0.343 e. The van der Waals surface area contributed by atoms with Crippen molar-refractivity contribution < 1.29 is 50.0 Å². The maximum atomic E-state index is 11.5. The van der Waals surface area contributed by atoms with Crippen LogP contribution in [0.25, 0.3) is 5.52 Å². The van der Waals surface area contributed by atoms with E-state index in [0.29, 0.717) is 0 Å². The van der Waals surface area contributed by atoms with Gasteiger partial charge in [0.15, 0.2) is 11.5 Å². The van der Waals surface area contributed by atoms with Crippen LogP contribution in [0.4, 0.5) is 0 Å². The number of carbonyl (C=O) groups is 1. The standard InChI is InChI=1S/C15H18NO10/c1-25-10-6-16-8(12(26-2)11(10)13(17)18)3-7(4-14(19,20)21)9(16)5-15(22,23)24/h6,19-24H,4-5H2,1-2H3,(H,17,18). The molecule has 7 N–H and O–H groups in total. The molecule has 0 saturated heterocycles. The van der Waals surface area contributed by atoms with Crippen molar-refractivity contribution in [1.29, 1.82) is 0 Å². The Morgan fingerprint density at radius 3 is 2.08 bits per heavy atom. The zero-order chi connectivity index (χ0) is 19.9. The lowest BCUT2D eigenvalue weighted by Crippen LogP contribution is -2.33. The first-order valence-corrected chi connectivity index (χ1v) is 7.15. The van der Waals surface area contributed by atoms with Crippen LogP contribution < -0.4 is 9.47 Å². The van der Waals surface area contributed by atoms with Crippen LogP contribution in [0.5, 0.6) is 11.5 Å². The van der Waals surface area contributed by atoms with Crippen molar-refractivity contribution in [3.63, 3.8) is 0 Å². The number of hydrogen-bond acceptors (Lipinski definition) is 9. The van der Waals surface area contributed by atoms with Crippen molar-refractivity contribution >= 4 is 11.5 Å². The molecule has 0 aliphatic carbocycles. The average Bonchev–Trinajstić information content (AvgIpc) is 2.78. The molecule has 2 heterocycles. The molecule has 0 atom stereocenters. The summed E-state index contributed by atoms with van der Waals surface area (Å²) in [5.41, 5.74) is -0.616. The third-order valence-corrected chi connectivity index (χ3v) is 3.54. The number of nitrogens with zero attached hydrogens (tertiary/aromatic N) is 1. The molecule has 0 aliphatic heterocycles. The summed E-state index contributed by atoms with van der Waals surface area (Å²) in [6.07, 6.45) is -0.494. The van der Waals surface area contributed by atoms with Gasteiger partial charge in [-0.25, -0.2) is 4.79 Å². The molecule has 0 aliphatic rings. The Hall–Kier alpha value is -2.41. The predicted molar refractivity (Wildman–Crippen MR) is 82.5 cm³/mol. The number of aliphatic hydroxyl groups is 6. The number of aromatic carboxylic acids is 1. The number of ether oxygens (including phenoxy) is 2. The monoisotopic (exact) mass is 372 g/mol. The highest BCUT2D eigenvalue weighted by atomic mass is 16.7. The Bertz CT molecular complexity index is 828. The highest BCUT2D eigenvalue weighted by Crippen LogP contribution is 2.36. The molecule has 1 radical (unpaired) electrons. The molecule has 2 aromatic heterocycles. The molecule has 11 nitrogen and oxygen atoms in total. The highest BCUT2D eigenvalue weighted by molar-refractivity contribution is 5.97. The minimum atomic E-state index is -3.17. The van der Waals surface area contributed by atoms with E-state index in [-0.39, 0.29) is 33.8 Å². The summed E-state index contributed by atoms with van der Waals surface area (Å²) in [4.78, 5) is 11.5. The van der Waals surface area contributed by atoms with Crippen LogP contribution in [0.15, 0.2) is 6.20 Å². The topological polar surface area (TPSA) is 182 Å². The molecule has 143 valence electrons. The van der Waals surface area contributed by atoms with Gasteiger partial charge in [0.2, 0.25) is 0 Å². The number of carboxylic acids is 1. The van der Waals surface area contributed by atoms with Gasteiger partial charge >= 0.3 is 5.97 Å². The van der Waals surface area contributed by atoms with Crippen molar-refractivity contribution in [2.45, 2.75) is 24.8 Å². The molecule has 0 fully saturated rings. The van der Waals surface area contributed by atoms with E-state index in [1.807, 2.05) is 0 Å². The molecule has 0 aromatic carbocycles. The predicted octanol–water partition coefficient (Wildman–Crippen LogP) is -2.20. The fourth-order valence-electron chi connectivity index (χ4n) is 2.63. The molecular weight excluding hydrogens is 354 g/mol. The van der Waals surface area contributed by atoms with E-state index in [2.05, 4.69) is 6.07 Å². The molecule has 0 amide bonds. The smallest absolute Gasteiger partial charge is 0.343 e. The van der Waals surface area contributed by atoms with E-state index in [1.54, 1.807) is 0 Å². The Balaban J connectivity index is 2.87. The van der Waals surface area contributed by atoms with Gasteiger partial charge in [-0.05, 0) is 5.56 Å². The molecule has 26 heavy (non-hydrogen) atoms. The van der Waals surface area contributed by atoms with Crippen LogP contribution in [0, 0.1) is 6.07 Å². The Morgan fingerprint density at radius 1 is 1.08 bits per heavy atom. The SMILES string of the molecule is COc1cn2c(CC(O)(O)O)c(CC(O)(O)O)[c]c2c(OC)c1C(=O)O. The minimum Gasteiger partial charge on any atom is -0.494 e. The van der Waals surface area contributed by atoms with Gasteiger partial charge in [-0.15, -0.1) is 0 Å². The number of pyridine rings is 1. The van der Waals surface area contributed by atoms with Crippen molar-refractivity contribution in [3.05, 3.63) is 29.1 Å². The van der Waals surface area contributed by atoms with Gasteiger partial charge in [0.05, 0.1) is 38.8 Å². The molecular formula is C15H18NO10. The second-order valence-electron chi connectivity index (χ2n) is 5.58. The van der Waals surface area contributed by atoms with Gasteiger partial charge in [-0.1, -0.05) is 0 Å². The van der Waals surface area contributed by atoms with Crippen LogP contribution in [-0.4, -0.2) is 72.3 Å². The fraction of sp³-hybridized carbons (Fsp3) is 0.400. The Labute approximate surface area is 146 Å². The summed E-state index contributed by atoms with van der Waals surface area (Å²) in [6.45, 7) is 0. The summed E-state index contributed by atoms with van der Waals surface area (Å²) in [6, 6.07) is 2.62. The normalized spacial score (nSPS) is 12.5. The van der Waals surface area contributed by atoms with E-state index in [0.717, 1.165) is 6.20 Å². The lowest BCUT2D eigenvalue weighted by Gasteiger charge is -2.19. The van der Waals surface area contributed by atoms with Gasteiger partial charge in [0, 0.05) is 11.8 Å². The summed E-state index contributed by atoms with van der Waals surface area (Å²) in [5.74, 6) is -8.07.